The SMILES string of the molecule is CCC(C#N)NC(=O)c1ccc(Cl)c(C)c1. The second-order valence-electron chi connectivity index (χ2n) is 3.53. The number of nitriles is 1. The molecule has 84 valence electrons. The van der Waals surface area contributed by atoms with E-state index in [0.29, 0.717) is 17.0 Å². The van der Waals surface area contributed by atoms with E-state index in [-0.39, 0.29) is 5.91 Å². The fourth-order valence-electron chi connectivity index (χ4n) is 1.25. The Kier molecular flexibility index (Phi) is 4.33. The van der Waals surface area contributed by atoms with Gasteiger partial charge in [-0.1, -0.05) is 18.5 Å². The molecule has 4 heteroatoms. The van der Waals surface area contributed by atoms with Gasteiger partial charge in [-0.05, 0) is 37.1 Å². The van der Waals surface area contributed by atoms with E-state index in [4.69, 9.17) is 16.9 Å². The topological polar surface area (TPSA) is 52.9 Å². The zero-order chi connectivity index (χ0) is 12.1. The largest absolute Gasteiger partial charge is 0.336 e. The van der Waals surface area contributed by atoms with Crippen LogP contribution in [0.2, 0.25) is 5.02 Å². The quantitative estimate of drug-likeness (QED) is 0.877. The number of amides is 1. The molecule has 1 unspecified atom stereocenters. The van der Waals surface area contributed by atoms with Crippen molar-refractivity contribution in [1.82, 2.24) is 5.32 Å². The number of aryl methyl sites for hydroxylation is 1. The molecule has 1 aromatic rings. The molecular formula is C12H13ClN2O. The van der Waals surface area contributed by atoms with E-state index < -0.39 is 6.04 Å². The Balaban J connectivity index is 2.81. The number of benzene rings is 1. The van der Waals surface area contributed by atoms with Gasteiger partial charge in [-0.15, -0.1) is 0 Å². The first-order valence-electron chi connectivity index (χ1n) is 5.05. The maximum atomic E-state index is 11.7. The number of carbonyl (C=O) groups is 1. The molecule has 1 atom stereocenters. The Morgan fingerprint density at radius 1 is 1.62 bits per heavy atom. The van der Waals surface area contributed by atoms with Crippen molar-refractivity contribution in [3.63, 3.8) is 0 Å². The van der Waals surface area contributed by atoms with Crippen molar-refractivity contribution in [2.75, 3.05) is 0 Å². The smallest absolute Gasteiger partial charge is 0.252 e. The van der Waals surface area contributed by atoms with Gasteiger partial charge in [-0.2, -0.15) is 5.26 Å². The lowest BCUT2D eigenvalue weighted by molar-refractivity contribution is 0.0944. The Hall–Kier alpha value is -1.53. The van der Waals surface area contributed by atoms with Gasteiger partial charge in [0.05, 0.1) is 6.07 Å². The Labute approximate surface area is 100 Å². The van der Waals surface area contributed by atoms with Crippen LogP contribution in [-0.2, 0) is 0 Å². The number of hydrogen-bond acceptors (Lipinski definition) is 2. The van der Waals surface area contributed by atoms with E-state index in [1.54, 1.807) is 18.2 Å². The highest BCUT2D eigenvalue weighted by molar-refractivity contribution is 6.31. The molecule has 1 N–H and O–H groups in total. The summed E-state index contributed by atoms with van der Waals surface area (Å²) in [5, 5.41) is 12.0. The monoisotopic (exact) mass is 236 g/mol. The number of nitrogens with one attached hydrogen (secondary N) is 1. The highest BCUT2D eigenvalue weighted by Gasteiger charge is 2.11. The van der Waals surface area contributed by atoms with E-state index in [1.165, 1.54) is 0 Å². The minimum absolute atomic E-state index is 0.242. The third-order valence-electron chi connectivity index (χ3n) is 2.29. The summed E-state index contributed by atoms with van der Waals surface area (Å²) >= 11 is 5.86. The summed E-state index contributed by atoms with van der Waals surface area (Å²) in [5.41, 5.74) is 1.37. The van der Waals surface area contributed by atoms with Crippen molar-refractivity contribution in [3.05, 3.63) is 34.3 Å². The van der Waals surface area contributed by atoms with E-state index in [1.807, 2.05) is 19.9 Å². The molecule has 0 fully saturated rings. The summed E-state index contributed by atoms with van der Waals surface area (Å²) in [6, 6.07) is 6.62. The van der Waals surface area contributed by atoms with Gasteiger partial charge >= 0.3 is 0 Å². The van der Waals surface area contributed by atoms with Crippen LogP contribution in [0.25, 0.3) is 0 Å². The van der Waals surface area contributed by atoms with Gasteiger partial charge < -0.3 is 5.32 Å². The number of nitrogens with zero attached hydrogens (tertiary/aromatic N) is 1. The van der Waals surface area contributed by atoms with Crippen LogP contribution in [0.5, 0.6) is 0 Å². The maximum absolute atomic E-state index is 11.7. The molecule has 0 aliphatic rings. The van der Waals surface area contributed by atoms with Crippen molar-refractivity contribution < 1.29 is 4.79 Å². The average molecular weight is 237 g/mol. The molecule has 0 aliphatic heterocycles. The van der Waals surface area contributed by atoms with E-state index in [0.717, 1.165) is 5.56 Å². The Morgan fingerprint density at radius 3 is 2.81 bits per heavy atom. The Morgan fingerprint density at radius 2 is 2.31 bits per heavy atom. The van der Waals surface area contributed by atoms with Gasteiger partial charge in [0.25, 0.3) is 5.91 Å². The van der Waals surface area contributed by atoms with Crippen LogP contribution in [-0.4, -0.2) is 11.9 Å². The van der Waals surface area contributed by atoms with Gasteiger partial charge in [-0.25, -0.2) is 0 Å². The summed E-state index contributed by atoms with van der Waals surface area (Å²) in [5.74, 6) is -0.242. The summed E-state index contributed by atoms with van der Waals surface area (Å²) < 4.78 is 0. The van der Waals surface area contributed by atoms with Crippen LogP contribution in [0.4, 0.5) is 0 Å². The van der Waals surface area contributed by atoms with Gasteiger partial charge in [0, 0.05) is 10.6 Å². The van der Waals surface area contributed by atoms with E-state index >= 15 is 0 Å². The first-order chi connectivity index (χ1) is 7.58. The number of halogens is 1. The minimum Gasteiger partial charge on any atom is -0.336 e. The predicted octanol–water partition coefficient (Wildman–Crippen LogP) is 2.68. The third kappa shape index (κ3) is 2.98. The van der Waals surface area contributed by atoms with E-state index in [2.05, 4.69) is 5.32 Å². The standard InChI is InChI=1S/C12H13ClN2O/c1-3-10(7-14)15-12(16)9-4-5-11(13)8(2)6-9/h4-6,10H,3H2,1-2H3,(H,15,16). The molecule has 0 aromatic heterocycles. The van der Waals surface area contributed by atoms with Crippen molar-refractivity contribution in [3.8, 4) is 6.07 Å². The molecule has 0 saturated carbocycles. The van der Waals surface area contributed by atoms with E-state index in [9.17, 15) is 4.79 Å². The molecule has 16 heavy (non-hydrogen) atoms. The zero-order valence-corrected chi connectivity index (χ0v) is 10.0. The van der Waals surface area contributed by atoms with Crippen LogP contribution >= 0.6 is 11.6 Å². The normalized spacial score (nSPS) is 11.6. The molecule has 1 aromatic carbocycles. The summed E-state index contributed by atoms with van der Waals surface area (Å²) in [6.07, 6.45) is 0.592. The van der Waals surface area contributed by atoms with Crippen LogP contribution in [0.1, 0.15) is 29.3 Å². The number of carbonyl (C=O) groups excluding carboxylic acids is 1. The lowest BCUT2D eigenvalue weighted by Gasteiger charge is -2.09. The fourth-order valence-corrected chi connectivity index (χ4v) is 1.37. The molecule has 0 saturated heterocycles. The summed E-state index contributed by atoms with van der Waals surface area (Å²) in [4.78, 5) is 11.7. The first kappa shape index (κ1) is 12.5. The second kappa shape index (κ2) is 5.53. The van der Waals surface area contributed by atoms with Crippen molar-refractivity contribution in [2.45, 2.75) is 26.3 Å². The predicted molar refractivity (Wildman–Crippen MR) is 63.3 cm³/mol. The van der Waals surface area contributed by atoms with Crippen LogP contribution in [0.15, 0.2) is 18.2 Å². The lowest BCUT2D eigenvalue weighted by atomic mass is 10.1. The molecule has 1 amide bonds. The molecule has 0 heterocycles. The molecule has 0 aliphatic carbocycles. The minimum atomic E-state index is -0.441. The van der Waals surface area contributed by atoms with Crippen molar-refractivity contribution in [2.24, 2.45) is 0 Å². The zero-order valence-electron chi connectivity index (χ0n) is 9.25. The fraction of sp³-hybridized carbons (Fsp3) is 0.333. The molecular weight excluding hydrogens is 224 g/mol. The molecule has 1 rings (SSSR count). The Bertz CT molecular complexity index is 437. The van der Waals surface area contributed by atoms with Gasteiger partial charge in [-0.3, -0.25) is 4.79 Å². The van der Waals surface area contributed by atoms with Crippen LogP contribution < -0.4 is 5.32 Å². The second-order valence-corrected chi connectivity index (χ2v) is 3.93. The summed E-state index contributed by atoms with van der Waals surface area (Å²) in [7, 11) is 0. The van der Waals surface area contributed by atoms with Gasteiger partial charge in [0.2, 0.25) is 0 Å². The van der Waals surface area contributed by atoms with Crippen LogP contribution in [0.3, 0.4) is 0 Å². The molecule has 0 radical (unpaired) electrons. The lowest BCUT2D eigenvalue weighted by Crippen LogP contribution is -2.33. The average Bonchev–Trinajstić information content (AvgIpc) is 2.29. The van der Waals surface area contributed by atoms with Gasteiger partial charge in [0.15, 0.2) is 0 Å². The van der Waals surface area contributed by atoms with Crippen molar-refractivity contribution in [1.29, 1.82) is 5.26 Å². The van der Waals surface area contributed by atoms with Crippen molar-refractivity contribution >= 4 is 17.5 Å². The van der Waals surface area contributed by atoms with Crippen LogP contribution in [0, 0.1) is 18.3 Å². The summed E-state index contributed by atoms with van der Waals surface area (Å²) in [6.45, 7) is 3.68. The maximum Gasteiger partial charge on any atom is 0.252 e. The number of rotatable bonds is 3. The number of hydrogen-bond donors (Lipinski definition) is 1. The molecule has 3 nitrogen and oxygen atoms in total. The molecule has 0 spiro atoms. The third-order valence-corrected chi connectivity index (χ3v) is 2.71. The highest BCUT2D eigenvalue weighted by Crippen LogP contribution is 2.16. The highest BCUT2D eigenvalue weighted by atomic mass is 35.5. The first-order valence-corrected chi connectivity index (χ1v) is 5.43. The molecule has 0 bridgehead atoms. The van der Waals surface area contributed by atoms with Gasteiger partial charge in [0.1, 0.15) is 6.04 Å².